The van der Waals surface area contributed by atoms with Gasteiger partial charge in [0.2, 0.25) is 0 Å². The summed E-state index contributed by atoms with van der Waals surface area (Å²) in [5.41, 5.74) is 1.07. The van der Waals surface area contributed by atoms with Crippen LogP contribution >= 0.6 is 0 Å². The predicted molar refractivity (Wildman–Crippen MR) is 64.7 cm³/mol. The first kappa shape index (κ1) is 11.5. The molecular formula is C13H22N2O. The van der Waals surface area contributed by atoms with Crippen molar-refractivity contribution in [1.29, 1.82) is 0 Å². The molecule has 0 saturated heterocycles. The summed E-state index contributed by atoms with van der Waals surface area (Å²) in [4.78, 5) is 0. The number of aromatic nitrogens is 2. The van der Waals surface area contributed by atoms with Crippen molar-refractivity contribution in [3.8, 4) is 5.75 Å². The van der Waals surface area contributed by atoms with Gasteiger partial charge in [0, 0.05) is 12.0 Å². The summed E-state index contributed by atoms with van der Waals surface area (Å²) in [6, 6.07) is 0.333. The highest BCUT2D eigenvalue weighted by molar-refractivity contribution is 5.27. The highest BCUT2D eigenvalue weighted by Crippen LogP contribution is 2.36. The minimum absolute atomic E-state index is 0.333. The third-order valence-electron chi connectivity index (χ3n) is 3.54. The number of rotatable bonds is 2. The minimum Gasteiger partial charge on any atom is -0.504 e. The zero-order chi connectivity index (χ0) is 11.5. The quantitative estimate of drug-likeness (QED) is 0.776. The Bertz CT molecular complexity index is 336. The molecule has 1 fully saturated rings. The van der Waals surface area contributed by atoms with Crippen molar-refractivity contribution in [2.75, 3.05) is 0 Å². The molecule has 1 aromatic rings. The first-order chi connectivity index (χ1) is 7.70. The Morgan fingerprint density at radius 2 is 1.88 bits per heavy atom. The van der Waals surface area contributed by atoms with Crippen LogP contribution < -0.4 is 0 Å². The van der Waals surface area contributed by atoms with Gasteiger partial charge in [0.15, 0.2) is 5.75 Å². The van der Waals surface area contributed by atoms with Gasteiger partial charge in [-0.15, -0.1) is 0 Å². The van der Waals surface area contributed by atoms with Crippen LogP contribution in [0.2, 0.25) is 0 Å². The van der Waals surface area contributed by atoms with E-state index in [1.807, 2.05) is 4.68 Å². The lowest BCUT2D eigenvalue weighted by atomic mass is 9.96. The fraction of sp³-hybridized carbons (Fsp3) is 0.769. The van der Waals surface area contributed by atoms with Crippen LogP contribution in [-0.4, -0.2) is 14.9 Å². The van der Waals surface area contributed by atoms with Crippen molar-refractivity contribution < 1.29 is 5.11 Å². The Morgan fingerprint density at radius 1 is 1.25 bits per heavy atom. The summed E-state index contributed by atoms with van der Waals surface area (Å²) >= 11 is 0. The van der Waals surface area contributed by atoms with Crippen molar-refractivity contribution in [2.45, 2.75) is 64.3 Å². The van der Waals surface area contributed by atoms with Crippen LogP contribution in [0.4, 0.5) is 0 Å². The molecular weight excluding hydrogens is 200 g/mol. The van der Waals surface area contributed by atoms with Crippen molar-refractivity contribution in [2.24, 2.45) is 0 Å². The zero-order valence-corrected chi connectivity index (χ0v) is 10.3. The van der Waals surface area contributed by atoms with Gasteiger partial charge < -0.3 is 5.11 Å². The first-order valence-corrected chi connectivity index (χ1v) is 6.46. The van der Waals surface area contributed by atoms with Crippen molar-refractivity contribution in [1.82, 2.24) is 9.78 Å². The van der Waals surface area contributed by atoms with E-state index in [2.05, 4.69) is 18.9 Å². The summed E-state index contributed by atoms with van der Waals surface area (Å²) in [6.07, 6.45) is 9.25. The van der Waals surface area contributed by atoms with E-state index in [4.69, 9.17) is 0 Å². The lowest BCUT2D eigenvalue weighted by Crippen LogP contribution is -2.11. The molecule has 3 heteroatoms. The third-order valence-corrected chi connectivity index (χ3v) is 3.54. The number of nitrogens with zero attached hydrogens (tertiary/aromatic N) is 2. The van der Waals surface area contributed by atoms with Gasteiger partial charge in [-0.1, -0.05) is 25.7 Å². The van der Waals surface area contributed by atoms with E-state index in [9.17, 15) is 5.11 Å². The summed E-state index contributed by atoms with van der Waals surface area (Å²) in [6.45, 7) is 4.24. The maximum Gasteiger partial charge on any atom is 0.157 e. The Morgan fingerprint density at radius 3 is 2.44 bits per heavy atom. The van der Waals surface area contributed by atoms with Crippen LogP contribution in [0.1, 0.15) is 70.0 Å². The summed E-state index contributed by atoms with van der Waals surface area (Å²) in [5.74, 6) is 0.896. The van der Waals surface area contributed by atoms with Crippen molar-refractivity contribution in [3.05, 3.63) is 11.9 Å². The third kappa shape index (κ3) is 2.23. The molecule has 90 valence electrons. The Kier molecular flexibility index (Phi) is 3.52. The second-order valence-corrected chi connectivity index (χ2v) is 5.14. The second-order valence-electron chi connectivity index (χ2n) is 5.14. The summed E-state index contributed by atoms with van der Waals surface area (Å²) < 4.78 is 1.99. The number of hydrogen-bond donors (Lipinski definition) is 1. The van der Waals surface area contributed by atoms with Gasteiger partial charge >= 0.3 is 0 Å². The summed E-state index contributed by atoms with van der Waals surface area (Å²) in [5, 5.41) is 14.2. The van der Waals surface area contributed by atoms with Crippen LogP contribution in [0.15, 0.2) is 6.20 Å². The largest absolute Gasteiger partial charge is 0.504 e. The highest BCUT2D eigenvalue weighted by atomic mass is 16.3. The van der Waals surface area contributed by atoms with E-state index in [1.165, 1.54) is 38.5 Å². The average Bonchev–Trinajstić information content (AvgIpc) is 2.50. The van der Waals surface area contributed by atoms with Crippen LogP contribution in [0.5, 0.6) is 5.75 Å². The molecule has 1 saturated carbocycles. The van der Waals surface area contributed by atoms with Crippen LogP contribution in [-0.2, 0) is 0 Å². The van der Waals surface area contributed by atoms with Crippen LogP contribution in [0, 0.1) is 0 Å². The lowest BCUT2D eigenvalue weighted by Gasteiger charge is -2.18. The van der Waals surface area contributed by atoms with Gasteiger partial charge in [-0.2, -0.15) is 5.10 Å². The molecule has 0 aliphatic heterocycles. The van der Waals surface area contributed by atoms with Gasteiger partial charge in [-0.05, 0) is 26.7 Å². The van der Waals surface area contributed by atoms with Gasteiger partial charge in [0.1, 0.15) is 0 Å². The SMILES string of the molecule is CC(C)n1ncc(O)c1C1CCCCCC1. The molecule has 0 atom stereocenters. The molecule has 0 amide bonds. The number of hydrogen-bond acceptors (Lipinski definition) is 2. The fourth-order valence-electron chi connectivity index (χ4n) is 2.72. The molecule has 3 nitrogen and oxygen atoms in total. The fourth-order valence-corrected chi connectivity index (χ4v) is 2.72. The van der Waals surface area contributed by atoms with Gasteiger partial charge in [-0.25, -0.2) is 0 Å². The Hall–Kier alpha value is -0.990. The molecule has 1 aliphatic rings. The van der Waals surface area contributed by atoms with Crippen molar-refractivity contribution in [3.63, 3.8) is 0 Å². The maximum absolute atomic E-state index is 9.94. The average molecular weight is 222 g/mol. The van der Waals surface area contributed by atoms with Gasteiger partial charge in [0.25, 0.3) is 0 Å². The molecule has 2 rings (SSSR count). The molecule has 1 N–H and O–H groups in total. The monoisotopic (exact) mass is 222 g/mol. The van der Waals surface area contributed by atoms with Gasteiger partial charge in [-0.3, -0.25) is 4.68 Å². The minimum atomic E-state index is 0.333. The summed E-state index contributed by atoms with van der Waals surface area (Å²) in [7, 11) is 0. The Labute approximate surface area is 97.5 Å². The Balaban J connectivity index is 2.26. The highest BCUT2D eigenvalue weighted by Gasteiger charge is 2.23. The predicted octanol–water partition coefficient (Wildman–Crippen LogP) is 3.61. The topological polar surface area (TPSA) is 38.0 Å². The smallest absolute Gasteiger partial charge is 0.157 e. The van der Waals surface area contributed by atoms with Crippen molar-refractivity contribution >= 4 is 0 Å². The van der Waals surface area contributed by atoms with E-state index in [1.54, 1.807) is 6.20 Å². The van der Waals surface area contributed by atoms with E-state index >= 15 is 0 Å². The molecule has 0 bridgehead atoms. The normalized spacial score (nSPS) is 18.9. The molecule has 16 heavy (non-hydrogen) atoms. The number of aromatic hydroxyl groups is 1. The van der Waals surface area contributed by atoms with E-state index in [-0.39, 0.29) is 0 Å². The molecule has 0 aromatic carbocycles. The van der Waals surface area contributed by atoms with E-state index in [0.717, 1.165) is 5.69 Å². The van der Waals surface area contributed by atoms with Gasteiger partial charge in [0.05, 0.1) is 11.9 Å². The molecule has 0 unspecified atom stereocenters. The lowest BCUT2D eigenvalue weighted by molar-refractivity contribution is 0.423. The van der Waals surface area contributed by atoms with E-state index < -0.39 is 0 Å². The second kappa shape index (κ2) is 4.89. The van der Waals surface area contributed by atoms with Crippen LogP contribution in [0.25, 0.3) is 0 Å². The molecule has 1 aliphatic carbocycles. The van der Waals surface area contributed by atoms with Crippen LogP contribution in [0.3, 0.4) is 0 Å². The van der Waals surface area contributed by atoms with E-state index in [0.29, 0.717) is 17.7 Å². The molecule has 0 radical (unpaired) electrons. The standard InChI is InChI=1S/C13H22N2O/c1-10(2)15-13(12(16)9-14-15)11-7-5-3-4-6-8-11/h9-11,16H,3-8H2,1-2H3. The maximum atomic E-state index is 9.94. The molecule has 1 heterocycles. The first-order valence-electron chi connectivity index (χ1n) is 6.46. The molecule has 0 spiro atoms. The zero-order valence-electron chi connectivity index (χ0n) is 10.3. The molecule has 1 aromatic heterocycles.